The summed E-state index contributed by atoms with van der Waals surface area (Å²) in [5, 5.41) is 17.5. The van der Waals surface area contributed by atoms with Crippen molar-refractivity contribution in [3.63, 3.8) is 0 Å². The summed E-state index contributed by atoms with van der Waals surface area (Å²) in [5.41, 5.74) is 0. The third-order valence-electron chi connectivity index (χ3n) is 3.34. The Kier molecular flexibility index (Phi) is 6.90. The molecule has 5 heteroatoms. The van der Waals surface area contributed by atoms with E-state index in [1.807, 2.05) is 0 Å². The Bertz CT molecular complexity index is 267. The van der Waals surface area contributed by atoms with Crippen LogP contribution in [0.1, 0.15) is 44.9 Å². The maximum atomic E-state index is 11.8. The van der Waals surface area contributed by atoms with Crippen LogP contribution in [0.15, 0.2) is 0 Å². The van der Waals surface area contributed by atoms with Gasteiger partial charge in [0.25, 0.3) is 0 Å². The lowest BCUT2D eigenvalue weighted by Gasteiger charge is -2.20. The lowest BCUT2D eigenvalue weighted by atomic mass is 9.85. The van der Waals surface area contributed by atoms with E-state index in [1.165, 1.54) is 6.42 Å². The fraction of sp³-hybridized carbons (Fsp3) is 0.846. The Balaban J connectivity index is 2.22. The first kappa shape index (κ1) is 15.1. The first-order valence-electron chi connectivity index (χ1n) is 6.61. The molecule has 0 unspecified atom stereocenters. The molecule has 1 aliphatic carbocycles. The SMILES string of the molecule is O=C(CCC(=O)C1CCCCC1)OC(CO)CO. The molecule has 0 atom stereocenters. The van der Waals surface area contributed by atoms with Gasteiger partial charge in [-0.05, 0) is 12.8 Å². The Morgan fingerprint density at radius 3 is 2.22 bits per heavy atom. The average molecular weight is 258 g/mol. The van der Waals surface area contributed by atoms with Crippen LogP contribution in [0, 0.1) is 5.92 Å². The lowest BCUT2D eigenvalue weighted by Crippen LogP contribution is -2.26. The van der Waals surface area contributed by atoms with E-state index in [9.17, 15) is 9.59 Å². The van der Waals surface area contributed by atoms with Crippen LogP contribution < -0.4 is 0 Å². The fourth-order valence-corrected chi connectivity index (χ4v) is 2.23. The Morgan fingerprint density at radius 1 is 1.06 bits per heavy atom. The van der Waals surface area contributed by atoms with Gasteiger partial charge in [-0.1, -0.05) is 19.3 Å². The van der Waals surface area contributed by atoms with E-state index in [1.54, 1.807) is 0 Å². The molecule has 0 saturated heterocycles. The van der Waals surface area contributed by atoms with E-state index in [2.05, 4.69) is 0 Å². The van der Waals surface area contributed by atoms with Crippen molar-refractivity contribution in [3.8, 4) is 0 Å². The van der Waals surface area contributed by atoms with Crippen molar-refractivity contribution in [2.45, 2.75) is 51.0 Å². The van der Waals surface area contributed by atoms with Gasteiger partial charge in [-0.15, -0.1) is 0 Å². The number of aliphatic hydroxyl groups excluding tert-OH is 2. The molecule has 2 N–H and O–H groups in total. The molecule has 18 heavy (non-hydrogen) atoms. The smallest absolute Gasteiger partial charge is 0.306 e. The maximum Gasteiger partial charge on any atom is 0.306 e. The number of ketones is 1. The standard InChI is InChI=1S/C13H22O5/c14-8-11(9-15)18-13(17)7-6-12(16)10-4-2-1-3-5-10/h10-11,14-15H,1-9H2. The third-order valence-corrected chi connectivity index (χ3v) is 3.34. The minimum absolute atomic E-state index is 0.0336. The highest BCUT2D eigenvalue weighted by molar-refractivity contribution is 5.84. The van der Waals surface area contributed by atoms with Gasteiger partial charge in [-0.3, -0.25) is 9.59 Å². The second-order valence-corrected chi connectivity index (χ2v) is 4.78. The van der Waals surface area contributed by atoms with Crippen molar-refractivity contribution >= 4 is 11.8 Å². The zero-order valence-corrected chi connectivity index (χ0v) is 10.6. The van der Waals surface area contributed by atoms with E-state index in [0.29, 0.717) is 0 Å². The van der Waals surface area contributed by atoms with Crippen molar-refractivity contribution < 1.29 is 24.5 Å². The van der Waals surface area contributed by atoms with Crippen LogP contribution in [0.5, 0.6) is 0 Å². The van der Waals surface area contributed by atoms with Crippen molar-refractivity contribution in [2.75, 3.05) is 13.2 Å². The molecule has 104 valence electrons. The molecule has 0 aromatic carbocycles. The Hall–Kier alpha value is -0.940. The number of rotatable bonds is 7. The van der Waals surface area contributed by atoms with Gasteiger partial charge in [-0.2, -0.15) is 0 Å². The molecule has 0 aliphatic heterocycles. The summed E-state index contributed by atoms with van der Waals surface area (Å²) >= 11 is 0. The van der Waals surface area contributed by atoms with Gasteiger partial charge in [0.05, 0.1) is 19.6 Å². The third kappa shape index (κ3) is 5.14. The predicted octanol–water partition coefficient (Wildman–Crippen LogP) is 0.812. The number of aliphatic hydroxyl groups is 2. The van der Waals surface area contributed by atoms with E-state index < -0.39 is 25.3 Å². The van der Waals surface area contributed by atoms with Gasteiger partial charge in [-0.25, -0.2) is 0 Å². The molecule has 0 aromatic rings. The van der Waals surface area contributed by atoms with Crippen LogP contribution in [-0.4, -0.2) is 41.3 Å². The van der Waals surface area contributed by atoms with Gasteiger partial charge in [0.1, 0.15) is 11.9 Å². The summed E-state index contributed by atoms with van der Waals surface area (Å²) in [7, 11) is 0. The summed E-state index contributed by atoms with van der Waals surface area (Å²) in [6, 6.07) is 0. The molecule has 0 heterocycles. The molecule has 1 fully saturated rings. The van der Waals surface area contributed by atoms with Crippen molar-refractivity contribution in [1.82, 2.24) is 0 Å². The molecule has 0 bridgehead atoms. The van der Waals surface area contributed by atoms with Crippen LogP contribution in [0.25, 0.3) is 0 Å². The topological polar surface area (TPSA) is 83.8 Å². The minimum atomic E-state index is -0.873. The van der Waals surface area contributed by atoms with Crippen LogP contribution in [-0.2, 0) is 14.3 Å². The van der Waals surface area contributed by atoms with Gasteiger partial charge in [0.2, 0.25) is 0 Å². The molecule has 1 rings (SSSR count). The summed E-state index contributed by atoms with van der Waals surface area (Å²) in [6.07, 6.45) is 4.62. The Morgan fingerprint density at radius 2 is 1.67 bits per heavy atom. The van der Waals surface area contributed by atoms with Crippen molar-refractivity contribution in [3.05, 3.63) is 0 Å². The van der Waals surface area contributed by atoms with Crippen LogP contribution in [0.3, 0.4) is 0 Å². The number of Topliss-reactive ketones (excluding diaryl/α,β-unsaturated/α-hetero) is 1. The molecular formula is C13H22O5. The zero-order valence-electron chi connectivity index (χ0n) is 10.6. The van der Waals surface area contributed by atoms with Crippen LogP contribution in [0.2, 0.25) is 0 Å². The second-order valence-electron chi connectivity index (χ2n) is 4.78. The fourth-order valence-electron chi connectivity index (χ4n) is 2.23. The molecule has 1 saturated carbocycles. The molecule has 0 aromatic heterocycles. The van der Waals surface area contributed by atoms with E-state index in [4.69, 9.17) is 14.9 Å². The number of carbonyl (C=O) groups is 2. The molecular weight excluding hydrogens is 236 g/mol. The molecule has 5 nitrogen and oxygen atoms in total. The molecule has 0 radical (unpaired) electrons. The molecule has 0 amide bonds. The van der Waals surface area contributed by atoms with E-state index in [-0.39, 0.29) is 24.5 Å². The predicted molar refractivity (Wildman–Crippen MR) is 64.9 cm³/mol. The highest BCUT2D eigenvalue weighted by Crippen LogP contribution is 2.25. The number of ether oxygens (including phenoxy) is 1. The highest BCUT2D eigenvalue weighted by Gasteiger charge is 2.22. The minimum Gasteiger partial charge on any atom is -0.457 e. The van der Waals surface area contributed by atoms with Crippen molar-refractivity contribution in [1.29, 1.82) is 0 Å². The maximum absolute atomic E-state index is 11.8. The van der Waals surface area contributed by atoms with Gasteiger partial charge >= 0.3 is 5.97 Å². The Labute approximate surface area is 107 Å². The van der Waals surface area contributed by atoms with Crippen LogP contribution >= 0.6 is 0 Å². The monoisotopic (exact) mass is 258 g/mol. The molecule has 1 aliphatic rings. The van der Waals surface area contributed by atoms with Crippen molar-refractivity contribution in [2.24, 2.45) is 5.92 Å². The zero-order chi connectivity index (χ0) is 13.4. The normalized spacial score (nSPS) is 16.8. The van der Waals surface area contributed by atoms with Gasteiger partial charge in [0.15, 0.2) is 0 Å². The van der Waals surface area contributed by atoms with Gasteiger partial charge in [0, 0.05) is 12.3 Å². The number of carbonyl (C=O) groups excluding carboxylic acids is 2. The number of hydrogen-bond acceptors (Lipinski definition) is 5. The first-order chi connectivity index (χ1) is 8.67. The first-order valence-corrected chi connectivity index (χ1v) is 6.61. The summed E-state index contributed by atoms with van der Waals surface area (Å²) < 4.78 is 4.80. The van der Waals surface area contributed by atoms with E-state index in [0.717, 1.165) is 25.7 Å². The lowest BCUT2D eigenvalue weighted by molar-refractivity contribution is -0.154. The largest absolute Gasteiger partial charge is 0.457 e. The van der Waals surface area contributed by atoms with Crippen LogP contribution in [0.4, 0.5) is 0 Å². The number of esters is 1. The second kappa shape index (κ2) is 8.21. The summed E-state index contributed by atoms with van der Waals surface area (Å²) in [6.45, 7) is -0.808. The van der Waals surface area contributed by atoms with Gasteiger partial charge < -0.3 is 14.9 Å². The average Bonchev–Trinajstić information content (AvgIpc) is 2.43. The summed E-state index contributed by atoms with van der Waals surface area (Å²) in [4.78, 5) is 23.2. The molecule has 0 spiro atoms. The van der Waals surface area contributed by atoms with E-state index >= 15 is 0 Å². The quantitative estimate of drug-likeness (QED) is 0.660. The number of hydrogen-bond donors (Lipinski definition) is 2. The summed E-state index contributed by atoms with van der Waals surface area (Å²) in [5.74, 6) is -0.290. The highest BCUT2D eigenvalue weighted by atomic mass is 16.6.